The predicted octanol–water partition coefficient (Wildman–Crippen LogP) is -2.64. The maximum Gasteiger partial charge on any atom is 0.326 e. The first-order valence-corrected chi connectivity index (χ1v) is 11.2. The van der Waals surface area contributed by atoms with Crippen LogP contribution in [0.5, 0.6) is 0 Å². The van der Waals surface area contributed by atoms with E-state index < -0.39 is 66.2 Å². The van der Waals surface area contributed by atoms with Crippen LogP contribution in [0.3, 0.4) is 0 Å². The number of thiol groups is 1. The molecule has 15 heteroatoms. The lowest BCUT2D eigenvalue weighted by molar-refractivity contribution is -0.144. The Hall–Kier alpha value is -3.07. The monoisotopic (exact) mass is 505 g/mol. The molecule has 0 saturated heterocycles. The molecule has 0 fully saturated rings. The highest BCUT2D eigenvalue weighted by Gasteiger charge is 2.32. The molecule has 5 atom stereocenters. The largest absolute Gasteiger partial charge is 0.481 e. The van der Waals surface area contributed by atoms with Crippen LogP contribution < -0.4 is 33.2 Å². The zero-order valence-electron chi connectivity index (χ0n) is 19.2. The molecule has 14 nitrogen and oxygen atoms in total. The zero-order chi connectivity index (χ0) is 26.4. The highest BCUT2D eigenvalue weighted by molar-refractivity contribution is 7.80. The molecule has 0 aromatic heterocycles. The van der Waals surface area contributed by atoms with Gasteiger partial charge in [0.05, 0.1) is 12.5 Å². The van der Waals surface area contributed by atoms with E-state index >= 15 is 0 Å². The molecule has 3 amide bonds. The Morgan fingerprint density at radius 1 is 0.971 bits per heavy atom. The van der Waals surface area contributed by atoms with Crippen LogP contribution >= 0.6 is 12.6 Å². The van der Waals surface area contributed by atoms with Crippen molar-refractivity contribution in [2.75, 3.05) is 12.3 Å². The minimum absolute atomic E-state index is 0.0939. The lowest BCUT2D eigenvalue weighted by Gasteiger charge is -2.25. The Bertz CT molecular complexity index is 761. The molecule has 11 N–H and O–H groups in total. The van der Waals surface area contributed by atoms with Gasteiger partial charge >= 0.3 is 11.9 Å². The number of nitrogens with one attached hydrogen (secondary N) is 3. The third-order valence-corrected chi connectivity index (χ3v) is 5.27. The van der Waals surface area contributed by atoms with Crippen LogP contribution in [0.2, 0.25) is 0 Å². The number of carbonyl (C=O) groups excluding carboxylic acids is 3. The van der Waals surface area contributed by atoms with Crippen molar-refractivity contribution >= 4 is 48.2 Å². The number of hydrogen-bond donors (Lipinski definition) is 9. The van der Waals surface area contributed by atoms with Crippen LogP contribution in [0.25, 0.3) is 0 Å². The number of aliphatic imine (C=N–C) groups is 1. The van der Waals surface area contributed by atoms with E-state index in [0.717, 1.165) is 0 Å². The molecule has 0 aliphatic rings. The van der Waals surface area contributed by atoms with Crippen LogP contribution in [0.1, 0.15) is 39.5 Å². The Kier molecular flexibility index (Phi) is 14.3. The molecule has 0 radical (unpaired) electrons. The molecule has 0 saturated carbocycles. The van der Waals surface area contributed by atoms with Crippen molar-refractivity contribution in [3.63, 3.8) is 0 Å². The Morgan fingerprint density at radius 3 is 2.00 bits per heavy atom. The second-order valence-corrected chi connectivity index (χ2v) is 8.03. The summed E-state index contributed by atoms with van der Waals surface area (Å²) in [6, 6.07) is -5.06. The summed E-state index contributed by atoms with van der Waals surface area (Å²) in [6.07, 6.45) is 0.265. The van der Waals surface area contributed by atoms with E-state index in [1.165, 1.54) is 0 Å². The smallest absolute Gasteiger partial charge is 0.326 e. The lowest BCUT2D eigenvalue weighted by atomic mass is 9.98. The second-order valence-electron chi connectivity index (χ2n) is 7.67. The van der Waals surface area contributed by atoms with Gasteiger partial charge in [0, 0.05) is 12.3 Å². The van der Waals surface area contributed by atoms with E-state index in [0.29, 0.717) is 12.8 Å². The van der Waals surface area contributed by atoms with Gasteiger partial charge in [0.15, 0.2) is 5.96 Å². The lowest BCUT2D eigenvalue weighted by Crippen LogP contribution is -2.58. The molecule has 5 unspecified atom stereocenters. The molecule has 0 aromatic rings. The predicted molar refractivity (Wildman–Crippen MR) is 127 cm³/mol. The number of carbonyl (C=O) groups is 5. The number of nitrogens with zero attached hydrogens (tertiary/aromatic N) is 1. The average molecular weight is 506 g/mol. The van der Waals surface area contributed by atoms with Gasteiger partial charge in [-0.25, -0.2) is 4.79 Å². The zero-order valence-corrected chi connectivity index (χ0v) is 20.1. The number of nitrogens with two attached hydrogens (primary N) is 3. The molecule has 0 aromatic carbocycles. The highest BCUT2D eigenvalue weighted by atomic mass is 32.1. The van der Waals surface area contributed by atoms with Crippen molar-refractivity contribution in [2.45, 2.75) is 63.7 Å². The number of amides is 3. The van der Waals surface area contributed by atoms with Crippen LogP contribution in [0.4, 0.5) is 0 Å². The first kappa shape index (κ1) is 30.9. The van der Waals surface area contributed by atoms with Crippen molar-refractivity contribution in [2.24, 2.45) is 28.1 Å². The van der Waals surface area contributed by atoms with Crippen LogP contribution in [0.15, 0.2) is 4.99 Å². The van der Waals surface area contributed by atoms with Gasteiger partial charge in [0.1, 0.15) is 18.1 Å². The van der Waals surface area contributed by atoms with Gasteiger partial charge in [-0.05, 0) is 18.8 Å². The van der Waals surface area contributed by atoms with E-state index in [2.05, 4.69) is 33.6 Å². The normalized spacial score (nSPS) is 15.1. The van der Waals surface area contributed by atoms with E-state index in [4.69, 9.17) is 22.3 Å². The molecule has 194 valence electrons. The van der Waals surface area contributed by atoms with Gasteiger partial charge in [-0.15, -0.1) is 0 Å². The van der Waals surface area contributed by atoms with Gasteiger partial charge in [0.25, 0.3) is 0 Å². The van der Waals surface area contributed by atoms with Crippen LogP contribution in [-0.2, 0) is 24.0 Å². The van der Waals surface area contributed by atoms with Crippen molar-refractivity contribution in [1.82, 2.24) is 16.0 Å². The minimum Gasteiger partial charge on any atom is -0.481 e. The van der Waals surface area contributed by atoms with Gasteiger partial charge < -0.3 is 43.4 Å². The first-order valence-electron chi connectivity index (χ1n) is 10.6. The molecule has 0 bridgehead atoms. The summed E-state index contributed by atoms with van der Waals surface area (Å²) >= 11 is 4.02. The fraction of sp³-hybridized carbons (Fsp3) is 0.684. The molecule has 0 spiro atoms. The van der Waals surface area contributed by atoms with Crippen molar-refractivity contribution in [3.8, 4) is 0 Å². The average Bonchev–Trinajstić information content (AvgIpc) is 2.76. The van der Waals surface area contributed by atoms with E-state index in [9.17, 15) is 29.1 Å². The van der Waals surface area contributed by atoms with E-state index in [1.54, 1.807) is 13.8 Å². The van der Waals surface area contributed by atoms with Gasteiger partial charge in [-0.2, -0.15) is 12.6 Å². The van der Waals surface area contributed by atoms with E-state index in [-0.39, 0.29) is 24.7 Å². The first-order chi connectivity index (χ1) is 15.8. The molecule has 0 aliphatic heterocycles. The molecular weight excluding hydrogens is 470 g/mol. The SMILES string of the molecule is CCC(C)C(NC(=O)C(CC(=O)O)NC(=O)C(CS)NC(=O)C(N)CCCN=C(N)N)C(=O)O. The Balaban J connectivity index is 5.20. The number of guanidine groups is 1. The third kappa shape index (κ3) is 11.7. The maximum atomic E-state index is 12.6. The summed E-state index contributed by atoms with van der Waals surface area (Å²) in [5.74, 6) is -5.94. The number of carboxylic acid groups (broad SMARTS) is 2. The molecule has 34 heavy (non-hydrogen) atoms. The van der Waals surface area contributed by atoms with Crippen molar-refractivity contribution < 1.29 is 34.2 Å². The Labute approximate surface area is 202 Å². The standard InChI is InChI=1S/C19H35N7O7S/c1-3-9(2)14(18(32)33)26-16(30)11(7-13(27)28)24-17(31)12(8-34)25-15(29)10(20)5-4-6-23-19(21)22/h9-12,14,34H,3-8,20H2,1-2H3,(H,24,31)(H,25,29)(H,26,30)(H,27,28)(H,32,33)(H4,21,22,23). The highest BCUT2D eigenvalue weighted by Crippen LogP contribution is 2.09. The number of aliphatic carboxylic acids is 2. The van der Waals surface area contributed by atoms with Gasteiger partial charge in [0.2, 0.25) is 17.7 Å². The quantitative estimate of drug-likeness (QED) is 0.0456. The summed E-state index contributed by atoms with van der Waals surface area (Å²) in [6.45, 7) is 3.60. The van der Waals surface area contributed by atoms with E-state index in [1.807, 2.05) is 0 Å². The van der Waals surface area contributed by atoms with Gasteiger partial charge in [-0.3, -0.25) is 24.2 Å². The minimum atomic E-state index is -1.58. The topological polar surface area (TPSA) is 252 Å². The number of carboxylic acids is 2. The van der Waals surface area contributed by atoms with Crippen molar-refractivity contribution in [3.05, 3.63) is 0 Å². The molecular formula is C19H35N7O7S. The number of hydrogen-bond acceptors (Lipinski definition) is 8. The summed E-state index contributed by atoms with van der Waals surface area (Å²) < 4.78 is 0. The fourth-order valence-corrected chi connectivity index (χ4v) is 2.97. The summed E-state index contributed by atoms with van der Waals surface area (Å²) in [5.41, 5.74) is 16.2. The van der Waals surface area contributed by atoms with Gasteiger partial charge in [-0.1, -0.05) is 20.3 Å². The maximum absolute atomic E-state index is 12.6. The molecule has 0 rings (SSSR count). The summed E-state index contributed by atoms with van der Waals surface area (Å²) in [7, 11) is 0. The number of rotatable bonds is 16. The fourth-order valence-electron chi connectivity index (χ4n) is 2.72. The van der Waals surface area contributed by atoms with Crippen LogP contribution in [-0.4, -0.2) is 82.3 Å². The Morgan fingerprint density at radius 2 is 1.53 bits per heavy atom. The molecule has 0 heterocycles. The van der Waals surface area contributed by atoms with Crippen LogP contribution in [0, 0.1) is 5.92 Å². The van der Waals surface area contributed by atoms with Crippen molar-refractivity contribution in [1.29, 1.82) is 0 Å². The summed E-state index contributed by atoms with van der Waals surface area (Å²) in [4.78, 5) is 63.9. The summed E-state index contributed by atoms with van der Waals surface area (Å²) in [5, 5.41) is 25.3. The third-order valence-electron chi connectivity index (χ3n) is 4.91. The molecule has 0 aliphatic carbocycles. The second kappa shape index (κ2) is 15.7.